The summed E-state index contributed by atoms with van der Waals surface area (Å²) in [6.07, 6.45) is 5.98. The molecule has 0 saturated heterocycles. The summed E-state index contributed by atoms with van der Waals surface area (Å²) in [5.74, 6) is 0. The normalized spacial score (nSPS) is 15.1. The fourth-order valence-electron chi connectivity index (χ4n) is 1.85. The van der Waals surface area contributed by atoms with E-state index in [0.29, 0.717) is 0 Å². The van der Waals surface area contributed by atoms with Crippen molar-refractivity contribution >= 4 is 0 Å². The molecular weight excluding hydrogens is 214 g/mol. The van der Waals surface area contributed by atoms with E-state index in [0.717, 1.165) is 18.3 Å². The van der Waals surface area contributed by atoms with Crippen LogP contribution in [0.5, 0.6) is 0 Å². The summed E-state index contributed by atoms with van der Waals surface area (Å²) in [7, 11) is 0. The molecule has 4 heteroatoms. The molecule has 0 bridgehead atoms. The SMILES string of the molecule is O=c1[nH]ccn1-c1ccc(CNC2CC2)cc1. The molecule has 0 unspecified atom stereocenters. The van der Waals surface area contributed by atoms with Crippen molar-refractivity contribution in [2.75, 3.05) is 0 Å². The highest BCUT2D eigenvalue weighted by atomic mass is 16.1. The van der Waals surface area contributed by atoms with E-state index in [1.807, 2.05) is 12.1 Å². The molecule has 2 N–H and O–H groups in total. The highest BCUT2D eigenvalue weighted by Gasteiger charge is 2.19. The van der Waals surface area contributed by atoms with E-state index >= 15 is 0 Å². The summed E-state index contributed by atoms with van der Waals surface area (Å²) in [6.45, 7) is 0.910. The average Bonchev–Trinajstić information content (AvgIpc) is 3.09. The van der Waals surface area contributed by atoms with E-state index in [1.165, 1.54) is 18.4 Å². The molecule has 88 valence electrons. The minimum absolute atomic E-state index is 0.103. The first-order valence-corrected chi connectivity index (χ1v) is 5.92. The van der Waals surface area contributed by atoms with Crippen LogP contribution in [-0.4, -0.2) is 15.6 Å². The lowest BCUT2D eigenvalue weighted by molar-refractivity contribution is 0.687. The molecule has 0 radical (unpaired) electrons. The van der Waals surface area contributed by atoms with Gasteiger partial charge in [-0.1, -0.05) is 12.1 Å². The van der Waals surface area contributed by atoms with Crippen LogP contribution in [0.3, 0.4) is 0 Å². The summed E-state index contributed by atoms with van der Waals surface area (Å²) in [5, 5.41) is 3.46. The Hall–Kier alpha value is -1.81. The minimum atomic E-state index is -0.103. The van der Waals surface area contributed by atoms with Crippen molar-refractivity contribution in [3.05, 3.63) is 52.7 Å². The van der Waals surface area contributed by atoms with Crippen LogP contribution in [0.2, 0.25) is 0 Å². The third-order valence-corrected chi connectivity index (χ3v) is 3.04. The van der Waals surface area contributed by atoms with Crippen molar-refractivity contribution in [2.24, 2.45) is 0 Å². The van der Waals surface area contributed by atoms with Gasteiger partial charge in [-0.05, 0) is 30.5 Å². The number of aromatic amines is 1. The van der Waals surface area contributed by atoms with Gasteiger partial charge in [-0.2, -0.15) is 0 Å². The first kappa shape index (κ1) is 10.4. The Labute approximate surface area is 99.3 Å². The Balaban J connectivity index is 1.75. The smallest absolute Gasteiger partial charge is 0.312 e. The number of aromatic nitrogens is 2. The fraction of sp³-hybridized carbons (Fsp3) is 0.308. The summed E-state index contributed by atoms with van der Waals surface area (Å²) >= 11 is 0. The van der Waals surface area contributed by atoms with Gasteiger partial charge >= 0.3 is 5.69 Å². The molecule has 1 aliphatic carbocycles. The largest absolute Gasteiger partial charge is 0.330 e. The van der Waals surface area contributed by atoms with Crippen LogP contribution in [0, 0.1) is 0 Å². The quantitative estimate of drug-likeness (QED) is 0.833. The zero-order chi connectivity index (χ0) is 11.7. The van der Waals surface area contributed by atoms with E-state index < -0.39 is 0 Å². The van der Waals surface area contributed by atoms with Gasteiger partial charge in [0.15, 0.2) is 0 Å². The molecule has 1 aromatic heterocycles. The second-order valence-electron chi connectivity index (χ2n) is 4.46. The molecular formula is C13H15N3O. The molecule has 0 spiro atoms. The number of H-pyrrole nitrogens is 1. The van der Waals surface area contributed by atoms with Crippen molar-refractivity contribution in [3.63, 3.8) is 0 Å². The summed E-state index contributed by atoms with van der Waals surface area (Å²) in [4.78, 5) is 14.0. The molecule has 4 nitrogen and oxygen atoms in total. The number of hydrogen-bond donors (Lipinski definition) is 2. The number of nitrogens with zero attached hydrogens (tertiary/aromatic N) is 1. The van der Waals surface area contributed by atoms with Crippen LogP contribution >= 0.6 is 0 Å². The van der Waals surface area contributed by atoms with Crippen LogP contribution in [0.1, 0.15) is 18.4 Å². The number of imidazole rings is 1. The summed E-state index contributed by atoms with van der Waals surface area (Å²) < 4.78 is 1.60. The van der Waals surface area contributed by atoms with Crippen molar-refractivity contribution < 1.29 is 0 Å². The molecule has 17 heavy (non-hydrogen) atoms. The highest BCUT2D eigenvalue weighted by Crippen LogP contribution is 2.19. The minimum Gasteiger partial charge on any atom is -0.312 e. The third-order valence-electron chi connectivity index (χ3n) is 3.04. The second-order valence-corrected chi connectivity index (χ2v) is 4.46. The predicted molar refractivity (Wildman–Crippen MR) is 66.3 cm³/mol. The molecule has 2 aromatic rings. The Morgan fingerprint density at radius 2 is 2.06 bits per heavy atom. The van der Waals surface area contributed by atoms with Crippen LogP contribution in [0.15, 0.2) is 41.5 Å². The van der Waals surface area contributed by atoms with Gasteiger partial charge in [0.2, 0.25) is 0 Å². The Kier molecular flexibility index (Phi) is 2.57. The van der Waals surface area contributed by atoms with Crippen molar-refractivity contribution in [1.29, 1.82) is 0 Å². The molecule has 1 fully saturated rings. The predicted octanol–water partition coefficient (Wildman–Crippen LogP) is 1.42. The lowest BCUT2D eigenvalue weighted by Gasteiger charge is -2.05. The lowest BCUT2D eigenvalue weighted by atomic mass is 10.2. The zero-order valence-corrected chi connectivity index (χ0v) is 9.52. The van der Waals surface area contributed by atoms with Gasteiger partial charge in [0.05, 0.1) is 5.69 Å². The van der Waals surface area contributed by atoms with Crippen LogP contribution < -0.4 is 11.0 Å². The fourth-order valence-corrected chi connectivity index (χ4v) is 1.85. The van der Waals surface area contributed by atoms with E-state index in [4.69, 9.17) is 0 Å². The maximum absolute atomic E-state index is 11.4. The molecule has 1 heterocycles. The van der Waals surface area contributed by atoms with Crippen molar-refractivity contribution in [2.45, 2.75) is 25.4 Å². The Morgan fingerprint density at radius 1 is 1.29 bits per heavy atom. The number of rotatable bonds is 4. The van der Waals surface area contributed by atoms with Crippen LogP contribution in [0.4, 0.5) is 0 Å². The standard InChI is InChI=1S/C13H15N3O/c17-13-14-7-8-16(13)12-5-1-10(2-6-12)9-15-11-3-4-11/h1-2,5-8,11,15H,3-4,9H2,(H,14,17). The monoisotopic (exact) mass is 229 g/mol. The van der Waals surface area contributed by atoms with E-state index in [-0.39, 0.29) is 5.69 Å². The molecule has 0 atom stereocenters. The molecule has 0 aliphatic heterocycles. The third kappa shape index (κ3) is 2.31. The van der Waals surface area contributed by atoms with Crippen LogP contribution in [0.25, 0.3) is 5.69 Å². The van der Waals surface area contributed by atoms with Gasteiger partial charge < -0.3 is 10.3 Å². The van der Waals surface area contributed by atoms with Gasteiger partial charge in [0, 0.05) is 25.0 Å². The average molecular weight is 229 g/mol. The van der Waals surface area contributed by atoms with E-state index in [2.05, 4.69) is 22.4 Å². The van der Waals surface area contributed by atoms with Crippen LogP contribution in [-0.2, 0) is 6.54 Å². The lowest BCUT2D eigenvalue weighted by Crippen LogP contribution is -2.16. The summed E-state index contributed by atoms with van der Waals surface area (Å²) in [6, 6.07) is 8.79. The van der Waals surface area contributed by atoms with Crippen molar-refractivity contribution in [3.8, 4) is 5.69 Å². The number of benzene rings is 1. The summed E-state index contributed by atoms with van der Waals surface area (Å²) in [5.41, 5.74) is 2.05. The topological polar surface area (TPSA) is 49.8 Å². The van der Waals surface area contributed by atoms with Gasteiger partial charge in [0.25, 0.3) is 0 Å². The van der Waals surface area contributed by atoms with Gasteiger partial charge in [-0.3, -0.25) is 4.57 Å². The van der Waals surface area contributed by atoms with Crippen molar-refractivity contribution in [1.82, 2.24) is 14.9 Å². The Morgan fingerprint density at radius 3 is 2.65 bits per heavy atom. The molecule has 3 rings (SSSR count). The Bertz CT molecular complexity index is 549. The van der Waals surface area contributed by atoms with Gasteiger partial charge in [0.1, 0.15) is 0 Å². The molecule has 0 amide bonds. The molecule has 1 saturated carbocycles. The number of hydrogen-bond acceptors (Lipinski definition) is 2. The van der Waals surface area contributed by atoms with Gasteiger partial charge in [-0.15, -0.1) is 0 Å². The molecule has 1 aromatic carbocycles. The number of nitrogens with one attached hydrogen (secondary N) is 2. The first-order valence-electron chi connectivity index (χ1n) is 5.92. The van der Waals surface area contributed by atoms with E-state index in [1.54, 1.807) is 17.0 Å². The zero-order valence-electron chi connectivity index (χ0n) is 9.52. The maximum Gasteiger partial charge on any atom is 0.330 e. The second kappa shape index (κ2) is 4.22. The first-order chi connectivity index (χ1) is 8.33. The maximum atomic E-state index is 11.4. The van der Waals surface area contributed by atoms with Gasteiger partial charge in [-0.25, -0.2) is 4.79 Å². The van der Waals surface area contributed by atoms with E-state index in [9.17, 15) is 4.79 Å². The highest BCUT2D eigenvalue weighted by molar-refractivity contribution is 5.34. The molecule has 1 aliphatic rings.